The van der Waals surface area contributed by atoms with Crippen molar-refractivity contribution in [2.45, 2.75) is 25.8 Å². The number of halogens is 1. The van der Waals surface area contributed by atoms with E-state index >= 15 is 0 Å². The average molecular weight is 276 g/mol. The minimum atomic E-state index is -0.0465. The Balaban J connectivity index is 0.00000289. The molecule has 0 aliphatic rings. The molecule has 0 fully saturated rings. The minimum Gasteiger partial charge on any atom is -0.496 e. The van der Waals surface area contributed by atoms with Crippen molar-refractivity contribution < 1.29 is 14.2 Å². The van der Waals surface area contributed by atoms with Crippen LogP contribution in [0, 0.1) is 0 Å². The van der Waals surface area contributed by atoms with Gasteiger partial charge in [0, 0.05) is 17.7 Å². The Kier molecular flexibility index (Phi) is 7.55. The first-order chi connectivity index (χ1) is 8.17. The van der Waals surface area contributed by atoms with Crippen molar-refractivity contribution in [1.82, 2.24) is 0 Å². The molecule has 4 nitrogen and oxygen atoms in total. The normalized spacial score (nSPS) is 11.4. The van der Waals surface area contributed by atoms with Crippen molar-refractivity contribution in [3.05, 3.63) is 17.7 Å². The number of hydrogen-bond donors (Lipinski definition) is 1. The van der Waals surface area contributed by atoms with E-state index in [1.54, 1.807) is 21.3 Å². The van der Waals surface area contributed by atoms with Crippen LogP contribution in [0.2, 0.25) is 0 Å². The van der Waals surface area contributed by atoms with Crippen LogP contribution < -0.4 is 19.9 Å². The van der Waals surface area contributed by atoms with Gasteiger partial charge in [-0.25, -0.2) is 0 Å². The summed E-state index contributed by atoms with van der Waals surface area (Å²) >= 11 is 0. The first-order valence-corrected chi connectivity index (χ1v) is 5.73. The van der Waals surface area contributed by atoms with E-state index in [4.69, 9.17) is 19.9 Å². The molecule has 0 spiro atoms. The number of hydrogen-bond acceptors (Lipinski definition) is 4. The molecule has 0 unspecified atom stereocenters. The third-order valence-electron chi connectivity index (χ3n) is 2.74. The van der Waals surface area contributed by atoms with Crippen molar-refractivity contribution in [3.63, 3.8) is 0 Å². The molecule has 0 heterocycles. The van der Waals surface area contributed by atoms with Gasteiger partial charge in [-0.1, -0.05) is 13.3 Å². The maximum absolute atomic E-state index is 6.12. The summed E-state index contributed by atoms with van der Waals surface area (Å²) < 4.78 is 15.8. The Labute approximate surface area is 115 Å². The largest absolute Gasteiger partial charge is 0.496 e. The Morgan fingerprint density at radius 2 is 1.50 bits per heavy atom. The summed E-state index contributed by atoms with van der Waals surface area (Å²) in [4.78, 5) is 0. The Morgan fingerprint density at radius 3 is 1.94 bits per heavy atom. The number of methoxy groups -OCH3 is 3. The SMILES string of the molecule is CCC[C@H](N)c1cc(OC)c(OC)cc1OC.Cl. The van der Waals surface area contributed by atoms with Crippen molar-refractivity contribution >= 4 is 12.4 Å². The molecular weight excluding hydrogens is 254 g/mol. The van der Waals surface area contributed by atoms with E-state index in [9.17, 15) is 0 Å². The highest BCUT2D eigenvalue weighted by atomic mass is 35.5. The number of benzene rings is 1. The topological polar surface area (TPSA) is 53.7 Å². The van der Waals surface area contributed by atoms with Gasteiger partial charge < -0.3 is 19.9 Å². The second kappa shape index (κ2) is 8.06. The Morgan fingerprint density at radius 1 is 1.00 bits per heavy atom. The van der Waals surface area contributed by atoms with Crippen LogP contribution in [0.3, 0.4) is 0 Å². The first-order valence-electron chi connectivity index (χ1n) is 5.73. The highest BCUT2D eigenvalue weighted by molar-refractivity contribution is 5.85. The van der Waals surface area contributed by atoms with E-state index in [-0.39, 0.29) is 18.4 Å². The lowest BCUT2D eigenvalue weighted by Gasteiger charge is -2.18. The fourth-order valence-electron chi connectivity index (χ4n) is 1.81. The quantitative estimate of drug-likeness (QED) is 0.867. The number of ether oxygens (including phenoxy) is 3. The molecule has 0 bridgehead atoms. The lowest BCUT2D eigenvalue weighted by Crippen LogP contribution is -2.11. The maximum Gasteiger partial charge on any atom is 0.164 e. The van der Waals surface area contributed by atoms with Gasteiger partial charge in [-0.2, -0.15) is 0 Å². The van der Waals surface area contributed by atoms with E-state index in [0.717, 1.165) is 24.2 Å². The van der Waals surface area contributed by atoms with Gasteiger partial charge in [0.05, 0.1) is 21.3 Å². The second-order valence-electron chi connectivity index (χ2n) is 3.84. The summed E-state index contributed by atoms with van der Waals surface area (Å²) in [6.45, 7) is 2.10. The van der Waals surface area contributed by atoms with Crippen LogP contribution in [-0.2, 0) is 0 Å². The number of rotatable bonds is 6. The molecule has 1 rings (SSSR count). The minimum absolute atomic E-state index is 0. The second-order valence-corrected chi connectivity index (χ2v) is 3.84. The van der Waals surface area contributed by atoms with Gasteiger partial charge >= 0.3 is 0 Å². The zero-order chi connectivity index (χ0) is 12.8. The summed E-state index contributed by atoms with van der Waals surface area (Å²) in [6.07, 6.45) is 1.94. The van der Waals surface area contributed by atoms with Gasteiger partial charge in [0.15, 0.2) is 11.5 Å². The molecule has 0 saturated heterocycles. The predicted octanol–water partition coefficient (Wildman–Crippen LogP) is 2.93. The Bertz CT molecular complexity index is 371. The number of nitrogens with two attached hydrogens (primary N) is 1. The predicted molar refractivity (Wildman–Crippen MR) is 75.2 cm³/mol. The van der Waals surface area contributed by atoms with Crippen LogP contribution in [0.15, 0.2) is 12.1 Å². The molecule has 1 atom stereocenters. The van der Waals surface area contributed by atoms with E-state index in [0.29, 0.717) is 11.5 Å². The van der Waals surface area contributed by atoms with Crippen molar-refractivity contribution in [1.29, 1.82) is 0 Å². The molecule has 0 radical (unpaired) electrons. The summed E-state index contributed by atoms with van der Waals surface area (Å²) in [7, 11) is 4.84. The zero-order valence-corrected chi connectivity index (χ0v) is 12.2. The molecule has 0 aliphatic carbocycles. The molecule has 1 aromatic rings. The highest BCUT2D eigenvalue weighted by Gasteiger charge is 2.16. The molecule has 2 N–H and O–H groups in total. The van der Waals surface area contributed by atoms with Gasteiger partial charge in [-0.05, 0) is 12.5 Å². The average Bonchev–Trinajstić information content (AvgIpc) is 2.37. The van der Waals surface area contributed by atoms with Crippen LogP contribution in [-0.4, -0.2) is 21.3 Å². The van der Waals surface area contributed by atoms with E-state index in [1.165, 1.54) is 0 Å². The van der Waals surface area contributed by atoms with Crippen LogP contribution in [0.25, 0.3) is 0 Å². The smallest absolute Gasteiger partial charge is 0.164 e. The molecule has 0 amide bonds. The van der Waals surface area contributed by atoms with E-state index < -0.39 is 0 Å². The monoisotopic (exact) mass is 275 g/mol. The summed E-state index contributed by atoms with van der Waals surface area (Å²) in [5, 5.41) is 0. The van der Waals surface area contributed by atoms with Crippen molar-refractivity contribution in [2.24, 2.45) is 5.73 Å². The van der Waals surface area contributed by atoms with Crippen molar-refractivity contribution in [3.8, 4) is 17.2 Å². The van der Waals surface area contributed by atoms with Crippen LogP contribution in [0.1, 0.15) is 31.4 Å². The third kappa shape index (κ3) is 3.68. The summed E-state index contributed by atoms with van der Waals surface area (Å²) in [5.74, 6) is 2.07. The first kappa shape index (κ1) is 16.9. The molecule has 5 heteroatoms. The van der Waals surface area contributed by atoms with E-state index in [1.807, 2.05) is 12.1 Å². The molecule has 0 aliphatic heterocycles. The molecular formula is C13H22ClNO3. The van der Waals surface area contributed by atoms with Gasteiger partial charge in [0.2, 0.25) is 0 Å². The fourth-order valence-corrected chi connectivity index (χ4v) is 1.81. The van der Waals surface area contributed by atoms with Crippen molar-refractivity contribution in [2.75, 3.05) is 21.3 Å². The third-order valence-corrected chi connectivity index (χ3v) is 2.74. The Hall–Kier alpha value is -1.13. The van der Waals surface area contributed by atoms with E-state index in [2.05, 4.69) is 6.92 Å². The van der Waals surface area contributed by atoms with Gasteiger partial charge in [-0.3, -0.25) is 0 Å². The van der Waals surface area contributed by atoms with Gasteiger partial charge in [-0.15, -0.1) is 12.4 Å². The van der Waals surface area contributed by atoms with Crippen LogP contribution in [0.5, 0.6) is 17.2 Å². The standard InChI is InChI=1S/C13H21NO3.ClH/c1-5-6-10(14)9-7-12(16-3)13(17-4)8-11(9)15-2;/h7-8,10H,5-6,14H2,1-4H3;1H/t10-;/m0./s1. The molecule has 0 saturated carbocycles. The highest BCUT2D eigenvalue weighted by Crippen LogP contribution is 2.37. The fraction of sp³-hybridized carbons (Fsp3) is 0.538. The summed E-state index contributed by atoms with van der Waals surface area (Å²) in [6, 6.07) is 3.65. The molecule has 1 aromatic carbocycles. The van der Waals surface area contributed by atoms with Crippen LogP contribution >= 0.6 is 12.4 Å². The lowest BCUT2D eigenvalue weighted by atomic mass is 10.0. The maximum atomic E-state index is 6.12. The van der Waals surface area contributed by atoms with Gasteiger partial charge in [0.1, 0.15) is 5.75 Å². The van der Waals surface area contributed by atoms with Gasteiger partial charge in [0.25, 0.3) is 0 Å². The molecule has 104 valence electrons. The zero-order valence-electron chi connectivity index (χ0n) is 11.4. The lowest BCUT2D eigenvalue weighted by molar-refractivity contribution is 0.346. The molecule has 18 heavy (non-hydrogen) atoms. The van der Waals surface area contributed by atoms with Crippen LogP contribution in [0.4, 0.5) is 0 Å². The summed E-state index contributed by atoms with van der Waals surface area (Å²) in [5.41, 5.74) is 7.07. The molecule has 0 aromatic heterocycles.